The number of likely N-dealkylation sites (tertiary alicyclic amines) is 1. The van der Waals surface area contributed by atoms with Crippen molar-refractivity contribution < 1.29 is 19.1 Å². The van der Waals surface area contributed by atoms with Crippen LogP contribution >= 0.6 is 11.8 Å². The molecule has 0 aromatic heterocycles. The standard InChI is InChI=1S/C24H34N2O4S/c1-4-30-24(29)20-11-19(20)22(27)25-21(15-31-14-18-8-6-5-7-9-18)23(28)26-12-16(2)10-17(3)13-26/h5-9,16-17,19-21H,4,10-15H2,1-3H3,(H,25,27)/t16?,17?,19-,20-,21-/m0/s1. The second-order valence-electron chi connectivity index (χ2n) is 8.95. The average molecular weight is 447 g/mol. The highest BCUT2D eigenvalue weighted by Gasteiger charge is 2.50. The molecule has 0 bridgehead atoms. The predicted octanol–water partition coefficient (Wildman–Crippen LogP) is 3.11. The second kappa shape index (κ2) is 11.0. The Morgan fingerprint density at radius 1 is 1.10 bits per heavy atom. The van der Waals surface area contributed by atoms with E-state index in [9.17, 15) is 14.4 Å². The van der Waals surface area contributed by atoms with E-state index in [1.54, 1.807) is 18.7 Å². The summed E-state index contributed by atoms with van der Waals surface area (Å²) in [7, 11) is 0. The fourth-order valence-electron chi connectivity index (χ4n) is 4.38. The summed E-state index contributed by atoms with van der Waals surface area (Å²) in [5.41, 5.74) is 1.19. The van der Waals surface area contributed by atoms with Crippen LogP contribution < -0.4 is 5.32 Å². The largest absolute Gasteiger partial charge is 0.466 e. The molecule has 170 valence electrons. The third kappa shape index (κ3) is 6.73. The highest BCUT2D eigenvalue weighted by atomic mass is 32.2. The number of rotatable bonds is 9. The van der Waals surface area contributed by atoms with Gasteiger partial charge in [-0.15, -0.1) is 0 Å². The molecule has 3 rings (SSSR count). The number of piperidine rings is 1. The van der Waals surface area contributed by atoms with E-state index in [2.05, 4.69) is 31.3 Å². The number of ether oxygens (including phenoxy) is 1. The number of amides is 2. The molecule has 1 aromatic rings. The molecule has 31 heavy (non-hydrogen) atoms. The highest BCUT2D eigenvalue weighted by Crippen LogP contribution is 2.39. The molecule has 1 heterocycles. The zero-order valence-electron chi connectivity index (χ0n) is 18.7. The molecule has 0 spiro atoms. The van der Waals surface area contributed by atoms with E-state index >= 15 is 0 Å². The Labute approximate surface area is 189 Å². The fourth-order valence-corrected chi connectivity index (χ4v) is 5.39. The first-order valence-corrected chi connectivity index (χ1v) is 12.4. The Morgan fingerprint density at radius 3 is 2.42 bits per heavy atom. The van der Waals surface area contributed by atoms with Crippen LogP contribution in [0.5, 0.6) is 0 Å². The van der Waals surface area contributed by atoms with Gasteiger partial charge in [0, 0.05) is 24.6 Å². The minimum Gasteiger partial charge on any atom is -0.466 e. The zero-order chi connectivity index (χ0) is 22.4. The lowest BCUT2D eigenvalue weighted by atomic mass is 9.91. The van der Waals surface area contributed by atoms with Crippen LogP contribution in [0.4, 0.5) is 0 Å². The molecule has 1 saturated carbocycles. The van der Waals surface area contributed by atoms with Gasteiger partial charge in [-0.05, 0) is 37.2 Å². The summed E-state index contributed by atoms with van der Waals surface area (Å²) in [6.07, 6.45) is 1.62. The fraction of sp³-hybridized carbons (Fsp3) is 0.625. The molecule has 6 nitrogen and oxygen atoms in total. The first kappa shape index (κ1) is 23.6. The van der Waals surface area contributed by atoms with E-state index in [1.165, 1.54) is 5.56 Å². The Bertz CT molecular complexity index is 762. The summed E-state index contributed by atoms with van der Waals surface area (Å²) in [6.45, 7) is 7.87. The van der Waals surface area contributed by atoms with Crippen molar-refractivity contribution >= 4 is 29.5 Å². The van der Waals surface area contributed by atoms with Gasteiger partial charge in [0.05, 0.1) is 18.4 Å². The minimum absolute atomic E-state index is 0.0133. The van der Waals surface area contributed by atoms with Crippen molar-refractivity contribution in [2.75, 3.05) is 25.4 Å². The molecule has 2 amide bonds. The molecule has 2 aliphatic rings. The summed E-state index contributed by atoms with van der Waals surface area (Å²) < 4.78 is 5.03. The predicted molar refractivity (Wildman–Crippen MR) is 122 cm³/mol. The quantitative estimate of drug-likeness (QED) is 0.590. The molecule has 1 N–H and O–H groups in total. The maximum atomic E-state index is 13.3. The third-order valence-corrected chi connectivity index (χ3v) is 7.01. The third-order valence-electron chi connectivity index (χ3n) is 5.91. The van der Waals surface area contributed by atoms with Gasteiger partial charge in [0.15, 0.2) is 0 Å². The maximum absolute atomic E-state index is 13.3. The summed E-state index contributed by atoms with van der Waals surface area (Å²) in [5, 5.41) is 2.96. The van der Waals surface area contributed by atoms with Gasteiger partial charge in [0.25, 0.3) is 0 Å². The van der Waals surface area contributed by atoms with Crippen LogP contribution in [0, 0.1) is 23.7 Å². The Morgan fingerprint density at radius 2 is 1.77 bits per heavy atom. The van der Waals surface area contributed by atoms with E-state index in [-0.39, 0.29) is 29.6 Å². The van der Waals surface area contributed by atoms with E-state index < -0.39 is 6.04 Å². The van der Waals surface area contributed by atoms with Gasteiger partial charge in [0.2, 0.25) is 11.8 Å². The average Bonchev–Trinajstić information content (AvgIpc) is 3.54. The van der Waals surface area contributed by atoms with Gasteiger partial charge in [-0.25, -0.2) is 0 Å². The van der Waals surface area contributed by atoms with Crippen LogP contribution in [-0.2, 0) is 24.9 Å². The molecule has 1 saturated heterocycles. The van der Waals surface area contributed by atoms with E-state index in [0.717, 1.165) is 25.3 Å². The second-order valence-corrected chi connectivity index (χ2v) is 9.98. The minimum atomic E-state index is -0.581. The molecule has 1 aromatic carbocycles. The molecular weight excluding hydrogens is 412 g/mol. The van der Waals surface area contributed by atoms with Gasteiger partial charge in [-0.2, -0.15) is 11.8 Å². The highest BCUT2D eigenvalue weighted by molar-refractivity contribution is 7.98. The number of esters is 1. The van der Waals surface area contributed by atoms with Gasteiger partial charge in [0.1, 0.15) is 6.04 Å². The molecule has 2 fully saturated rings. The zero-order valence-corrected chi connectivity index (χ0v) is 19.5. The molecule has 1 aliphatic heterocycles. The Hall–Kier alpha value is -2.02. The number of thioether (sulfide) groups is 1. The number of carbonyl (C=O) groups is 3. The Balaban J connectivity index is 1.61. The van der Waals surface area contributed by atoms with Gasteiger partial charge < -0.3 is 15.0 Å². The molecule has 2 unspecified atom stereocenters. The number of carbonyl (C=O) groups excluding carboxylic acids is 3. The molecule has 0 radical (unpaired) electrons. The van der Waals surface area contributed by atoms with E-state index in [1.807, 2.05) is 23.1 Å². The van der Waals surface area contributed by atoms with E-state index in [4.69, 9.17) is 4.74 Å². The maximum Gasteiger partial charge on any atom is 0.309 e. The van der Waals surface area contributed by atoms with Crippen molar-refractivity contribution in [2.45, 2.75) is 45.4 Å². The van der Waals surface area contributed by atoms with Crippen molar-refractivity contribution in [3.05, 3.63) is 35.9 Å². The van der Waals surface area contributed by atoms with Gasteiger partial charge in [-0.1, -0.05) is 44.2 Å². The molecular formula is C24H34N2O4S. The van der Waals surface area contributed by atoms with Crippen molar-refractivity contribution in [1.29, 1.82) is 0 Å². The van der Waals surface area contributed by atoms with Crippen LogP contribution in [0.25, 0.3) is 0 Å². The van der Waals surface area contributed by atoms with Crippen molar-refractivity contribution in [1.82, 2.24) is 10.2 Å². The number of benzene rings is 1. The van der Waals surface area contributed by atoms with Crippen LogP contribution in [0.1, 0.15) is 39.2 Å². The van der Waals surface area contributed by atoms with Crippen molar-refractivity contribution in [3.63, 3.8) is 0 Å². The van der Waals surface area contributed by atoms with Crippen molar-refractivity contribution in [3.8, 4) is 0 Å². The SMILES string of the molecule is CCOC(=O)[C@H]1C[C@@H]1C(=O)N[C@@H](CSCc1ccccc1)C(=O)N1CC(C)CC(C)C1. The van der Waals surface area contributed by atoms with Gasteiger partial charge >= 0.3 is 5.97 Å². The number of nitrogens with one attached hydrogen (secondary N) is 1. The lowest BCUT2D eigenvalue weighted by Gasteiger charge is -2.37. The van der Waals surface area contributed by atoms with Crippen LogP contribution in [-0.4, -0.2) is 54.2 Å². The van der Waals surface area contributed by atoms with E-state index in [0.29, 0.717) is 30.6 Å². The monoisotopic (exact) mass is 446 g/mol. The molecule has 5 atom stereocenters. The normalized spacial score (nSPS) is 26.1. The Kier molecular flexibility index (Phi) is 8.41. The summed E-state index contributed by atoms with van der Waals surface area (Å²) in [5.74, 6) is 0.904. The summed E-state index contributed by atoms with van der Waals surface area (Å²) >= 11 is 1.64. The lowest BCUT2D eigenvalue weighted by molar-refractivity contribution is -0.146. The summed E-state index contributed by atoms with van der Waals surface area (Å²) in [6, 6.07) is 9.52. The smallest absolute Gasteiger partial charge is 0.309 e. The van der Waals surface area contributed by atoms with Crippen LogP contribution in [0.15, 0.2) is 30.3 Å². The van der Waals surface area contributed by atoms with Crippen LogP contribution in [0.3, 0.4) is 0 Å². The number of hydrogen-bond acceptors (Lipinski definition) is 5. The molecule has 1 aliphatic carbocycles. The molecule has 7 heteroatoms. The summed E-state index contributed by atoms with van der Waals surface area (Å²) in [4.78, 5) is 39.9. The lowest BCUT2D eigenvalue weighted by Crippen LogP contribution is -2.53. The topological polar surface area (TPSA) is 75.7 Å². The van der Waals surface area contributed by atoms with Crippen molar-refractivity contribution in [2.24, 2.45) is 23.7 Å². The first-order valence-electron chi connectivity index (χ1n) is 11.3. The number of nitrogens with zero attached hydrogens (tertiary/aromatic N) is 1. The number of hydrogen-bond donors (Lipinski definition) is 1. The van der Waals surface area contributed by atoms with Crippen LogP contribution in [0.2, 0.25) is 0 Å². The van der Waals surface area contributed by atoms with Gasteiger partial charge in [-0.3, -0.25) is 14.4 Å². The first-order chi connectivity index (χ1) is 14.9.